The highest BCUT2D eigenvalue weighted by Gasteiger charge is 2.24. The minimum atomic E-state index is -0.797. The fourth-order valence-corrected chi connectivity index (χ4v) is 2.62. The third kappa shape index (κ3) is 8.53. The molecule has 1 aromatic carbocycles. The summed E-state index contributed by atoms with van der Waals surface area (Å²) in [5.41, 5.74) is 1.39. The molecule has 1 rings (SSSR count). The van der Waals surface area contributed by atoms with Gasteiger partial charge < -0.3 is 9.84 Å². The first kappa shape index (κ1) is 20.2. The van der Waals surface area contributed by atoms with E-state index in [0.717, 1.165) is 12.0 Å². The first-order chi connectivity index (χ1) is 10.7. The van der Waals surface area contributed by atoms with E-state index in [9.17, 15) is 5.11 Å². The molecule has 1 N–H and O–H groups in total. The molecule has 0 bridgehead atoms. The predicted octanol–water partition coefficient (Wildman–Crippen LogP) is 5.61. The summed E-state index contributed by atoms with van der Waals surface area (Å²) in [6, 6.07) is 8.76. The second-order valence-electron chi connectivity index (χ2n) is 7.83. The Balaban J connectivity index is 2.42. The van der Waals surface area contributed by atoms with E-state index in [2.05, 4.69) is 45.0 Å². The summed E-state index contributed by atoms with van der Waals surface area (Å²) in [6.45, 7) is 10.2. The van der Waals surface area contributed by atoms with E-state index in [0.29, 0.717) is 6.61 Å². The Kier molecular flexibility index (Phi) is 8.28. The van der Waals surface area contributed by atoms with Crippen molar-refractivity contribution in [3.8, 4) is 0 Å². The van der Waals surface area contributed by atoms with Crippen molar-refractivity contribution in [3.63, 3.8) is 0 Å². The summed E-state index contributed by atoms with van der Waals surface area (Å²) in [5.74, 6) is 0. The lowest BCUT2D eigenvalue weighted by atomic mass is 9.95. The molecule has 0 atom stereocenters. The van der Waals surface area contributed by atoms with Gasteiger partial charge in [-0.3, -0.25) is 0 Å². The van der Waals surface area contributed by atoms with E-state index in [-0.39, 0.29) is 5.60 Å². The lowest BCUT2D eigenvalue weighted by Crippen LogP contribution is -2.32. The molecule has 0 saturated carbocycles. The van der Waals surface area contributed by atoms with Crippen LogP contribution < -0.4 is 0 Å². The van der Waals surface area contributed by atoms with E-state index in [1.807, 2.05) is 0 Å². The lowest BCUT2D eigenvalue weighted by Gasteiger charge is -2.29. The zero-order chi connectivity index (χ0) is 17.3. The highest BCUT2D eigenvalue weighted by molar-refractivity contribution is 5.26. The van der Waals surface area contributed by atoms with E-state index >= 15 is 0 Å². The van der Waals surface area contributed by atoms with Crippen LogP contribution in [-0.2, 0) is 16.8 Å². The Hall–Kier alpha value is -0.860. The number of aryl methyl sites for hydroxylation is 1. The Morgan fingerprint density at radius 3 is 2.00 bits per heavy atom. The number of rotatable bonds is 11. The second kappa shape index (κ2) is 9.44. The fourth-order valence-electron chi connectivity index (χ4n) is 2.62. The smallest absolute Gasteiger partial charge is 0.0876 e. The maximum atomic E-state index is 9.82. The van der Waals surface area contributed by atoms with Crippen LogP contribution in [0.5, 0.6) is 0 Å². The van der Waals surface area contributed by atoms with Gasteiger partial charge in [0, 0.05) is 0 Å². The largest absolute Gasteiger partial charge is 0.388 e. The molecule has 23 heavy (non-hydrogen) atoms. The highest BCUT2D eigenvalue weighted by Crippen LogP contribution is 2.26. The minimum absolute atomic E-state index is 0.333. The van der Waals surface area contributed by atoms with Crippen molar-refractivity contribution < 1.29 is 9.84 Å². The molecule has 0 fully saturated rings. The van der Waals surface area contributed by atoms with Crippen LogP contribution in [0.15, 0.2) is 24.3 Å². The topological polar surface area (TPSA) is 29.5 Å². The number of benzene rings is 1. The van der Waals surface area contributed by atoms with Crippen LogP contribution in [-0.4, -0.2) is 17.3 Å². The van der Waals surface area contributed by atoms with Gasteiger partial charge in [0.05, 0.1) is 17.8 Å². The summed E-state index contributed by atoms with van der Waals surface area (Å²) >= 11 is 0. The van der Waals surface area contributed by atoms with Gasteiger partial charge in [-0.05, 0) is 51.7 Å². The van der Waals surface area contributed by atoms with Crippen LogP contribution in [0.1, 0.15) is 84.3 Å². The summed E-state index contributed by atoms with van der Waals surface area (Å²) in [6.07, 6.45) is 9.20. The maximum Gasteiger partial charge on any atom is 0.0876 e. The van der Waals surface area contributed by atoms with Crippen molar-refractivity contribution in [2.45, 2.75) is 90.8 Å². The number of unbranched alkanes of at least 4 members (excludes halogenated alkanes) is 5. The fraction of sp³-hybridized carbons (Fsp3) is 0.714. The first-order valence-electron chi connectivity index (χ1n) is 9.20. The first-order valence-corrected chi connectivity index (χ1v) is 9.20. The van der Waals surface area contributed by atoms with Crippen molar-refractivity contribution in [2.75, 3.05) is 6.61 Å². The number of aliphatic hydroxyl groups is 1. The SMILES string of the molecule is CCCCCCCCc1ccc(C(C)(C)OCC(C)(C)O)cc1. The standard InChI is InChI=1S/C21H36O2/c1-6-7-8-9-10-11-12-18-13-15-19(16-14-18)21(4,5)23-17-20(2,3)22/h13-16,22H,6-12,17H2,1-5H3. The average molecular weight is 321 g/mol. The van der Waals surface area contributed by atoms with Crippen LogP contribution in [0.4, 0.5) is 0 Å². The predicted molar refractivity (Wildman–Crippen MR) is 98.8 cm³/mol. The third-order valence-electron chi connectivity index (χ3n) is 4.25. The van der Waals surface area contributed by atoms with Crippen molar-refractivity contribution in [2.24, 2.45) is 0 Å². The van der Waals surface area contributed by atoms with Crippen molar-refractivity contribution in [3.05, 3.63) is 35.4 Å². The molecule has 0 aromatic heterocycles. The molecule has 0 aliphatic heterocycles. The van der Waals surface area contributed by atoms with Gasteiger partial charge in [-0.25, -0.2) is 0 Å². The van der Waals surface area contributed by atoms with E-state index in [4.69, 9.17) is 4.74 Å². The molecular formula is C21H36O2. The molecule has 2 heteroatoms. The normalized spacial score (nSPS) is 12.6. The maximum absolute atomic E-state index is 9.82. The number of hydrogen-bond donors (Lipinski definition) is 1. The van der Waals surface area contributed by atoms with E-state index < -0.39 is 5.60 Å². The molecule has 0 amide bonds. The molecular weight excluding hydrogens is 284 g/mol. The van der Waals surface area contributed by atoms with Gasteiger partial charge in [0.2, 0.25) is 0 Å². The molecule has 0 aliphatic rings. The van der Waals surface area contributed by atoms with Crippen LogP contribution >= 0.6 is 0 Å². The average Bonchev–Trinajstić information content (AvgIpc) is 2.49. The van der Waals surface area contributed by atoms with Gasteiger partial charge in [-0.15, -0.1) is 0 Å². The highest BCUT2D eigenvalue weighted by atomic mass is 16.5. The van der Waals surface area contributed by atoms with Gasteiger partial charge in [0.15, 0.2) is 0 Å². The molecule has 0 spiro atoms. The third-order valence-corrected chi connectivity index (χ3v) is 4.25. The summed E-state index contributed by atoms with van der Waals surface area (Å²) < 4.78 is 5.91. The quantitative estimate of drug-likeness (QED) is 0.537. The Bertz CT molecular complexity index is 426. The summed E-state index contributed by atoms with van der Waals surface area (Å²) in [7, 11) is 0. The molecule has 2 nitrogen and oxygen atoms in total. The summed E-state index contributed by atoms with van der Waals surface area (Å²) in [5, 5.41) is 9.82. The monoisotopic (exact) mass is 320 g/mol. The molecule has 132 valence electrons. The Morgan fingerprint density at radius 1 is 0.870 bits per heavy atom. The van der Waals surface area contributed by atoms with Crippen LogP contribution in [0.3, 0.4) is 0 Å². The van der Waals surface area contributed by atoms with Crippen molar-refractivity contribution in [1.82, 2.24) is 0 Å². The molecule has 0 radical (unpaired) electrons. The Morgan fingerprint density at radius 2 is 1.43 bits per heavy atom. The van der Waals surface area contributed by atoms with E-state index in [1.54, 1.807) is 13.8 Å². The summed E-state index contributed by atoms with van der Waals surface area (Å²) in [4.78, 5) is 0. The number of ether oxygens (including phenoxy) is 1. The minimum Gasteiger partial charge on any atom is -0.388 e. The zero-order valence-corrected chi connectivity index (χ0v) is 15.8. The number of hydrogen-bond acceptors (Lipinski definition) is 2. The molecule has 1 aromatic rings. The lowest BCUT2D eigenvalue weighted by molar-refractivity contribution is -0.0944. The van der Waals surface area contributed by atoms with Crippen LogP contribution in [0.2, 0.25) is 0 Å². The molecule has 0 heterocycles. The van der Waals surface area contributed by atoms with Gasteiger partial charge in [0.25, 0.3) is 0 Å². The van der Waals surface area contributed by atoms with Gasteiger partial charge in [-0.2, -0.15) is 0 Å². The van der Waals surface area contributed by atoms with Crippen LogP contribution in [0.25, 0.3) is 0 Å². The Labute approximate surface area is 143 Å². The van der Waals surface area contributed by atoms with Gasteiger partial charge in [-0.1, -0.05) is 63.3 Å². The molecule has 0 saturated heterocycles. The zero-order valence-electron chi connectivity index (χ0n) is 15.8. The van der Waals surface area contributed by atoms with Gasteiger partial charge in [0.1, 0.15) is 0 Å². The van der Waals surface area contributed by atoms with Gasteiger partial charge >= 0.3 is 0 Å². The van der Waals surface area contributed by atoms with Crippen molar-refractivity contribution in [1.29, 1.82) is 0 Å². The van der Waals surface area contributed by atoms with Crippen molar-refractivity contribution >= 4 is 0 Å². The van der Waals surface area contributed by atoms with E-state index in [1.165, 1.54) is 44.1 Å². The molecule has 0 unspecified atom stereocenters. The molecule has 0 aliphatic carbocycles. The van der Waals surface area contributed by atoms with Crippen LogP contribution in [0, 0.1) is 0 Å². The second-order valence-corrected chi connectivity index (χ2v) is 7.83.